The highest BCUT2D eigenvalue weighted by atomic mass is 16.5. The number of fused-ring (bicyclic) bond motifs is 3. The summed E-state index contributed by atoms with van der Waals surface area (Å²) >= 11 is 0. The summed E-state index contributed by atoms with van der Waals surface area (Å²) in [5.74, 6) is 0.0839. The number of esters is 1. The molecule has 1 atom stereocenters. The molecule has 0 spiro atoms. The molecular weight excluding hydrogens is 296 g/mol. The molecule has 0 saturated carbocycles. The molecule has 0 N–H and O–H groups in total. The van der Waals surface area contributed by atoms with Crippen LogP contribution >= 0.6 is 0 Å². The standard InChI is InChI=1S/C22H26O2/c1-3-4-5-10-16(2)22(23)24-15-21-19-13-8-6-11-17(19)18-12-7-9-14-20(18)21/h6-9,11-14,16,21H,3-5,10,15H2,1-2H3. The lowest BCUT2D eigenvalue weighted by Gasteiger charge is -2.16. The molecule has 1 aliphatic carbocycles. The zero-order valence-corrected chi connectivity index (χ0v) is 14.6. The van der Waals surface area contributed by atoms with Crippen LogP contribution in [-0.4, -0.2) is 12.6 Å². The van der Waals surface area contributed by atoms with E-state index in [0.29, 0.717) is 6.61 Å². The van der Waals surface area contributed by atoms with Crippen molar-refractivity contribution in [1.29, 1.82) is 0 Å². The molecule has 2 nitrogen and oxygen atoms in total. The fourth-order valence-corrected chi connectivity index (χ4v) is 3.57. The molecule has 2 heteroatoms. The van der Waals surface area contributed by atoms with Crippen LogP contribution in [0, 0.1) is 5.92 Å². The molecule has 0 heterocycles. The molecule has 0 amide bonds. The van der Waals surface area contributed by atoms with Gasteiger partial charge in [-0.25, -0.2) is 0 Å². The monoisotopic (exact) mass is 322 g/mol. The van der Waals surface area contributed by atoms with Gasteiger partial charge in [0.2, 0.25) is 0 Å². The Morgan fingerprint density at radius 2 is 1.58 bits per heavy atom. The SMILES string of the molecule is CCCCCC(C)C(=O)OCC1c2ccccc2-c2ccccc21. The molecule has 24 heavy (non-hydrogen) atoms. The zero-order chi connectivity index (χ0) is 16.9. The molecule has 126 valence electrons. The molecule has 3 rings (SSSR count). The van der Waals surface area contributed by atoms with Crippen molar-refractivity contribution in [3.8, 4) is 11.1 Å². The number of hydrogen-bond acceptors (Lipinski definition) is 2. The highest BCUT2D eigenvalue weighted by molar-refractivity contribution is 5.79. The lowest BCUT2D eigenvalue weighted by molar-refractivity contribution is -0.148. The van der Waals surface area contributed by atoms with Gasteiger partial charge in [-0.15, -0.1) is 0 Å². The summed E-state index contributed by atoms with van der Waals surface area (Å²) in [6, 6.07) is 16.9. The van der Waals surface area contributed by atoms with Crippen LogP contribution in [0.15, 0.2) is 48.5 Å². The Morgan fingerprint density at radius 1 is 1.00 bits per heavy atom. The van der Waals surface area contributed by atoms with Gasteiger partial charge in [-0.3, -0.25) is 4.79 Å². The van der Waals surface area contributed by atoms with E-state index < -0.39 is 0 Å². The maximum atomic E-state index is 12.3. The van der Waals surface area contributed by atoms with E-state index in [-0.39, 0.29) is 17.8 Å². The summed E-state index contributed by atoms with van der Waals surface area (Å²) in [6.07, 6.45) is 4.38. The van der Waals surface area contributed by atoms with Crippen LogP contribution in [0.5, 0.6) is 0 Å². The molecule has 0 aliphatic heterocycles. The molecular formula is C22H26O2. The lowest BCUT2D eigenvalue weighted by atomic mass is 9.98. The molecule has 2 aromatic rings. The summed E-state index contributed by atoms with van der Waals surface area (Å²) in [4.78, 5) is 12.3. The van der Waals surface area contributed by atoms with Crippen molar-refractivity contribution < 1.29 is 9.53 Å². The van der Waals surface area contributed by atoms with E-state index in [1.165, 1.54) is 35.1 Å². The minimum Gasteiger partial charge on any atom is -0.464 e. The topological polar surface area (TPSA) is 26.3 Å². The van der Waals surface area contributed by atoms with Crippen LogP contribution in [0.3, 0.4) is 0 Å². The van der Waals surface area contributed by atoms with Crippen molar-refractivity contribution in [1.82, 2.24) is 0 Å². The first kappa shape index (κ1) is 16.8. The van der Waals surface area contributed by atoms with Gasteiger partial charge in [0, 0.05) is 5.92 Å². The average Bonchev–Trinajstić information content (AvgIpc) is 2.94. The van der Waals surface area contributed by atoms with E-state index in [9.17, 15) is 4.79 Å². The van der Waals surface area contributed by atoms with Crippen LogP contribution in [0.25, 0.3) is 11.1 Å². The number of benzene rings is 2. The van der Waals surface area contributed by atoms with E-state index in [4.69, 9.17) is 4.74 Å². The predicted octanol–water partition coefficient (Wildman–Crippen LogP) is 5.56. The Morgan fingerprint density at radius 3 is 2.17 bits per heavy atom. The Balaban J connectivity index is 1.68. The van der Waals surface area contributed by atoms with Crippen molar-refractivity contribution in [2.45, 2.75) is 45.4 Å². The van der Waals surface area contributed by atoms with E-state index >= 15 is 0 Å². The lowest BCUT2D eigenvalue weighted by Crippen LogP contribution is -2.18. The van der Waals surface area contributed by atoms with Gasteiger partial charge in [0.05, 0.1) is 5.92 Å². The molecule has 1 aliphatic rings. The largest absolute Gasteiger partial charge is 0.464 e. The van der Waals surface area contributed by atoms with Crippen LogP contribution < -0.4 is 0 Å². The molecule has 0 bridgehead atoms. The van der Waals surface area contributed by atoms with E-state index in [2.05, 4.69) is 55.5 Å². The van der Waals surface area contributed by atoms with Gasteiger partial charge >= 0.3 is 5.97 Å². The fraction of sp³-hybridized carbons (Fsp3) is 0.409. The van der Waals surface area contributed by atoms with Crippen molar-refractivity contribution in [2.24, 2.45) is 5.92 Å². The molecule has 0 saturated heterocycles. The van der Waals surface area contributed by atoms with Crippen molar-refractivity contribution in [3.05, 3.63) is 59.7 Å². The molecule has 1 unspecified atom stereocenters. The Bertz CT molecular complexity index is 659. The van der Waals surface area contributed by atoms with Gasteiger partial charge in [-0.1, -0.05) is 81.6 Å². The Kier molecular flexibility index (Phi) is 5.34. The first-order chi connectivity index (χ1) is 11.7. The summed E-state index contributed by atoms with van der Waals surface area (Å²) < 4.78 is 5.69. The molecule has 0 fully saturated rings. The third-order valence-corrected chi connectivity index (χ3v) is 5.00. The van der Waals surface area contributed by atoms with E-state index in [1.54, 1.807) is 0 Å². The van der Waals surface area contributed by atoms with Gasteiger partial charge in [-0.2, -0.15) is 0 Å². The van der Waals surface area contributed by atoms with E-state index in [1.807, 2.05) is 6.92 Å². The average molecular weight is 322 g/mol. The van der Waals surface area contributed by atoms with Crippen molar-refractivity contribution >= 4 is 5.97 Å². The van der Waals surface area contributed by atoms with Gasteiger partial charge in [-0.05, 0) is 28.7 Å². The van der Waals surface area contributed by atoms with Gasteiger partial charge in [0.15, 0.2) is 0 Å². The van der Waals surface area contributed by atoms with Crippen LogP contribution in [0.4, 0.5) is 0 Å². The second kappa shape index (κ2) is 7.65. The predicted molar refractivity (Wildman–Crippen MR) is 98.0 cm³/mol. The number of rotatable bonds is 7. The maximum Gasteiger partial charge on any atom is 0.308 e. The highest BCUT2D eigenvalue weighted by Crippen LogP contribution is 2.44. The number of carbonyl (C=O) groups excluding carboxylic acids is 1. The number of hydrogen-bond donors (Lipinski definition) is 0. The summed E-state index contributed by atoms with van der Waals surface area (Å²) in [6.45, 7) is 4.59. The van der Waals surface area contributed by atoms with Crippen LogP contribution in [0.2, 0.25) is 0 Å². The van der Waals surface area contributed by atoms with Crippen LogP contribution in [-0.2, 0) is 9.53 Å². The summed E-state index contributed by atoms with van der Waals surface area (Å²) in [5, 5.41) is 0. The second-order valence-electron chi connectivity index (χ2n) is 6.75. The maximum absolute atomic E-state index is 12.3. The van der Waals surface area contributed by atoms with Crippen molar-refractivity contribution in [3.63, 3.8) is 0 Å². The Hall–Kier alpha value is -2.09. The van der Waals surface area contributed by atoms with Gasteiger partial charge in [0.1, 0.15) is 6.61 Å². The summed E-state index contributed by atoms with van der Waals surface area (Å²) in [7, 11) is 0. The smallest absolute Gasteiger partial charge is 0.308 e. The second-order valence-corrected chi connectivity index (χ2v) is 6.75. The highest BCUT2D eigenvalue weighted by Gasteiger charge is 2.29. The number of carbonyl (C=O) groups is 1. The third kappa shape index (κ3) is 3.38. The molecule has 2 aromatic carbocycles. The fourth-order valence-electron chi connectivity index (χ4n) is 3.57. The quantitative estimate of drug-likeness (QED) is 0.493. The Labute approximate surface area is 144 Å². The number of ether oxygens (including phenoxy) is 1. The minimum atomic E-state index is -0.0621. The normalized spacial score (nSPS) is 14.1. The van der Waals surface area contributed by atoms with Gasteiger partial charge in [0.25, 0.3) is 0 Å². The summed E-state index contributed by atoms with van der Waals surface area (Å²) in [5.41, 5.74) is 5.07. The van der Waals surface area contributed by atoms with Crippen molar-refractivity contribution in [2.75, 3.05) is 6.61 Å². The third-order valence-electron chi connectivity index (χ3n) is 5.00. The first-order valence-corrected chi connectivity index (χ1v) is 9.07. The first-order valence-electron chi connectivity index (χ1n) is 9.07. The molecule has 0 aromatic heterocycles. The number of unbranched alkanes of at least 4 members (excludes halogenated alkanes) is 2. The van der Waals surface area contributed by atoms with E-state index in [0.717, 1.165) is 12.8 Å². The zero-order valence-electron chi connectivity index (χ0n) is 14.6. The van der Waals surface area contributed by atoms with Gasteiger partial charge < -0.3 is 4.74 Å². The molecule has 0 radical (unpaired) electrons. The minimum absolute atomic E-state index is 0.0107. The van der Waals surface area contributed by atoms with Crippen LogP contribution in [0.1, 0.15) is 56.6 Å².